The SMILES string of the molecule is Cc1c(C)c2c(c(C)c1O)CCC(C)(CNS(C)(=O)=O)O2. The summed E-state index contributed by atoms with van der Waals surface area (Å²) >= 11 is 0. The summed E-state index contributed by atoms with van der Waals surface area (Å²) in [5.74, 6) is 1.11. The van der Waals surface area contributed by atoms with Crippen molar-refractivity contribution in [3.8, 4) is 11.5 Å². The van der Waals surface area contributed by atoms with Gasteiger partial charge in [0.15, 0.2) is 0 Å². The van der Waals surface area contributed by atoms with Gasteiger partial charge in [0.1, 0.15) is 17.1 Å². The highest BCUT2D eigenvalue weighted by molar-refractivity contribution is 7.88. The number of rotatable bonds is 3. The lowest BCUT2D eigenvalue weighted by molar-refractivity contribution is 0.0687. The Balaban J connectivity index is 2.36. The highest BCUT2D eigenvalue weighted by Crippen LogP contribution is 2.43. The molecule has 1 aromatic rings. The first-order chi connectivity index (χ1) is 9.54. The lowest BCUT2D eigenvalue weighted by Crippen LogP contribution is -2.47. The number of hydrogen-bond acceptors (Lipinski definition) is 4. The number of hydrogen-bond donors (Lipinski definition) is 2. The Hall–Kier alpha value is -1.27. The van der Waals surface area contributed by atoms with Crippen LogP contribution in [0.4, 0.5) is 0 Å². The van der Waals surface area contributed by atoms with Gasteiger partial charge >= 0.3 is 0 Å². The molecule has 1 atom stereocenters. The molecule has 1 aliphatic rings. The van der Waals surface area contributed by atoms with Crippen LogP contribution in [-0.2, 0) is 16.4 Å². The third-order valence-electron chi connectivity index (χ3n) is 4.30. The van der Waals surface area contributed by atoms with E-state index in [0.717, 1.165) is 40.7 Å². The lowest BCUT2D eigenvalue weighted by Gasteiger charge is -2.37. The standard InChI is InChI=1S/C15H23NO4S/c1-9-10(2)14-12(11(3)13(9)17)6-7-15(4,20-14)8-16-21(5,18)19/h16-17H,6-8H2,1-5H3. The van der Waals surface area contributed by atoms with Crippen LogP contribution in [0.1, 0.15) is 35.6 Å². The van der Waals surface area contributed by atoms with E-state index in [-0.39, 0.29) is 6.54 Å². The van der Waals surface area contributed by atoms with E-state index in [2.05, 4.69) is 4.72 Å². The number of phenolic OH excluding ortho intramolecular Hbond substituents is 1. The van der Waals surface area contributed by atoms with E-state index in [0.29, 0.717) is 12.2 Å². The normalized spacial score (nSPS) is 21.8. The predicted molar refractivity (Wildman–Crippen MR) is 82.5 cm³/mol. The van der Waals surface area contributed by atoms with Crippen molar-refractivity contribution in [2.24, 2.45) is 0 Å². The van der Waals surface area contributed by atoms with Crippen LogP contribution in [0.2, 0.25) is 0 Å². The molecule has 0 aliphatic carbocycles. The molecule has 1 unspecified atom stereocenters. The van der Waals surface area contributed by atoms with Gasteiger partial charge in [0.25, 0.3) is 0 Å². The van der Waals surface area contributed by atoms with Crippen molar-refractivity contribution in [2.45, 2.75) is 46.1 Å². The fraction of sp³-hybridized carbons (Fsp3) is 0.600. The van der Waals surface area contributed by atoms with Crippen molar-refractivity contribution in [3.05, 3.63) is 22.3 Å². The van der Waals surface area contributed by atoms with E-state index >= 15 is 0 Å². The molecule has 0 saturated carbocycles. The van der Waals surface area contributed by atoms with E-state index in [9.17, 15) is 13.5 Å². The van der Waals surface area contributed by atoms with Crippen molar-refractivity contribution in [3.63, 3.8) is 0 Å². The third-order valence-corrected chi connectivity index (χ3v) is 4.97. The van der Waals surface area contributed by atoms with Gasteiger partial charge < -0.3 is 9.84 Å². The van der Waals surface area contributed by atoms with Gasteiger partial charge in [-0.25, -0.2) is 13.1 Å². The summed E-state index contributed by atoms with van der Waals surface area (Å²) < 4.78 is 31.2. The first-order valence-corrected chi connectivity index (χ1v) is 8.88. The number of aromatic hydroxyl groups is 1. The van der Waals surface area contributed by atoms with Crippen molar-refractivity contribution in [1.29, 1.82) is 0 Å². The third kappa shape index (κ3) is 3.16. The Morgan fingerprint density at radius 2 is 1.86 bits per heavy atom. The van der Waals surface area contributed by atoms with Crippen LogP contribution in [0.25, 0.3) is 0 Å². The van der Waals surface area contributed by atoms with Crippen LogP contribution in [0.3, 0.4) is 0 Å². The fourth-order valence-corrected chi connectivity index (χ4v) is 3.27. The Labute approximate surface area is 126 Å². The van der Waals surface area contributed by atoms with Gasteiger partial charge in [-0.3, -0.25) is 0 Å². The van der Waals surface area contributed by atoms with Gasteiger partial charge in [-0.1, -0.05) is 0 Å². The minimum absolute atomic E-state index is 0.240. The highest BCUT2D eigenvalue weighted by Gasteiger charge is 2.35. The van der Waals surface area contributed by atoms with Gasteiger partial charge in [-0.05, 0) is 57.2 Å². The quantitative estimate of drug-likeness (QED) is 0.894. The molecule has 6 heteroatoms. The Morgan fingerprint density at radius 1 is 1.24 bits per heavy atom. The zero-order chi connectivity index (χ0) is 16.0. The monoisotopic (exact) mass is 313 g/mol. The molecule has 2 rings (SSSR count). The second-order valence-corrected chi connectivity index (χ2v) is 8.01. The van der Waals surface area contributed by atoms with Crippen molar-refractivity contribution in [1.82, 2.24) is 4.72 Å². The molecular formula is C15H23NO4S. The van der Waals surface area contributed by atoms with Gasteiger partial charge in [-0.2, -0.15) is 0 Å². The molecule has 0 spiro atoms. The van der Waals surface area contributed by atoms with Crippen LogP contribution >= 0.6 is 0 Å². The lowest BCUT2D eigenvalue weighted by atomic mass is 9.87. The van der Waals surface area contributed by atoms with Crippen LogP contribution in [0.15, 0.2) is 0 Å². The second-order valence-electron chi connectivity index (χ2n) is 6.18. The summed E-state index contributed by atoms with van der Waals surface area (Å²) in [6, 6.07) is 0. The number of ether oxygens (including phenoxy) is 1. The largest absolute Gasteiger partial charge is 0.507 e. The summed E-state index contributed by atoms with van der Waals surface area (Å²) in [6.07, 6.45) is 2.60. The molecule has 21 heavy (non-hydrogen) atoms. The van der Waals surface area contributed by atoms with Gasteiger partial charge in [0.05, 0.1) is 12.8 Å². The molecule has 0 amide bonds. The molecule has 0 aromatic heterocycles. The zero-order valence-electron chi connectivity index (χ0n) is 13.2. The van der Waals surface area contributed by atoms with Crippen LogP contribution < -0.4 is 9.46 Å². The molecule has 0 bridgehead atoms. The minimum Gasteiger partial charge on any atom is -0.507 e. The Kier molecular flexibility index (Phi) is 3.97. The Bertz CT molecular complexity index is 682. The molecule has 1 aliphatic heterocycles. The maximum Gasteiger partial charge on any atom is 0.208 e. The van der Waals surface area contributed by atoms with Crippen molar-refractivity contribution >= 4 is 10.0 Å². The zero-order valence-corrected chi connectivity index (χ0v) is 14.0. The van der Waals surface area contributed by atoms with Gasteiger partial charge in [0.2, 0.25) is 10.0 Å². The molecular weight excluding hydrogens is 290 g/mol. The first kappa shape index (κ1) is 16.1. The van der Waals surface area contributed by atoms with Crippen molar-refractivity contribution < 1.29 is 18.3 Å². The molecule has 0 fully saturated rings. The first-order valence-electron chi connectivity index (χ1n) is 6.99. The van der Waals surface area contributed by atoms with E-state index in [1.54, 1.807) is 0 Å². The topological polar surface area (TPSA) is 75.6 Å². The smallest absolute Gasteiger partial charge is 0.208 e. The average Bonchev–Trinajstić information content (AvgIpc) is 2.40. The van der Waals surface area contributed by atoms with Crippen LogP contribution in [0, 0.1) is 20.8 Å². The minimum atomic E-state index is -3.24. The van der Waals surface area contributed by atoms with Crippen molar-refractivity contribution in [2.75, 3.05) is 12.8 Å². The average molecular weight is 313 g/mol. The Morgan fingerprint density at radius 3 is 2.43 bits per heavy atom. The fourth-order valence-electron chi connectivity index (χ4n) is 2.70. The summed E-state index contributed by atoms with van der Waals surface area (Å²) in [7, 11) is -3.24. The highest BCUT2D eigenvalue weighted by atomic mass is 32.2. The van der Waals surface area contributed by atoms with Crippen LogP contribution in [0.5, 0.6) is 11.5 Å². The molecule has 5 nitrogen and oxygen atoms in total. The second kappa shape index (κ2) is 5.18. The summed E-state index contributed by atoms with van der Waals surface area (Å²) in [5.41, 5.74) is 3.03. The van der Waals surface area contributed by atoms with Crippen LogP contribution in [-0.4, -0.2) is 31.9 Å². The van der Waals surface area contributed by atoms with E-state index < -0.39 is 15.6 Å². The maximum absolute atomic E-state index is 11.3. The maximum atomic E-state index is 11.3. The van der Waals surface area contributed by atoms with Gasteiger partial charge in [-0.15, -0.1) is 0 Å². The number of benzene rings is 1. The molecule has 1 heterocycles. The number of phenols is 1. The molecule has 1 aromatic carbocycles. The number of nitrogens with one attached hydrogen (secondary N) is 1. The molecule has 2 N–H and O–H groups in total. The summed E-state index contributed by atoms with van der Waals surface area (Å²) in [5, 5.41) is 10.1. The predicted octanol–water partition coefficient (Wildman–Crippen LogP) is 1.95. The summed E-state index contributed by atoms with van der Waals surface area (Å²) in [4.78, 5) is 0. The summed E-state index contributed by atoms with van der Waals surface area (Å²) in [6.45, 7) is 7.82. The van der Waals surface area contributed by atoms with E-state index in [1.165, 1.54) is 0 Å². The molecule has 118 valence electrons. The van der Waals surface area contributed by atoms with E-state index in [1.807, 2.05) is 27.7 Å². The number of fused-ring (bicyclic) bond motifs is 1. The van der Waals surface area contributed by atoms with Gasteiger partial charge in [0, 0.05) is 5.56 Å². The number of sulfonamides is 1. The molecule has 0 saturated heterocycles. The van der Waals surface area contributed by atoms with E-state index in [4.69, 9.17) is 4.74 Å². The molecule has 0 radical (unpaired) electrons.